The van der Waals surface area contributed by atoms with Crippen molar-refractivity contribution in [2.45, 2.75) is 18.4 Å². The Morgan fingerprint density at radius 3 is 2.44 bits per heavy atom. The summed E-state index contributed by atoms with van der Waals surface area (Å²) in [5, 5.41) is 3.96. The molecule has 0 aliphatic rings. The van der Waals surface area contributed by atoms with Crippen LogP contribution in [0.5, 0.6) is 5.75 Å². The summed E-state index contributed by atoms with van der Waals surface area (Å²) in [5.74, 6) is 0.362. The van der Waals surface area contributed by atoms with E-state index in [-0.39, 0.29) is 10.7 Å². The van der Waals surface area contributed by atoms with Crippen LogP contribution in [0.25, 0.3) is 10.9 Å². The van der Waals surface area contributed by atoms with Crippen molar-refractivity contribution in [1.82, 2.24) is 9.29 Å². The number of nitrogens with zero attached hydrogens (tertiary/aromatic N) is 1. The molecule has 0 atom stereocenters. The van der Waals surface area contributed by atoms with Gasteiger partial charge in [-0.1, -0.05) is 35.9 Å². The Balaban J connectivity index is 1.28. The molecule has 178 valence electrons. The number of nitrogens with one attached hydrogen (secondary N) is 1. The van der Waals surface area contributed by atoms with Crippen molar-refractivity contribution >= 4 is 20.9 Å². The summed E-state index contributed by atoms with van der Waals surface area (Å²) in [7, 11) is -3.71. The van der Waals surface area contributed by atoms with E-state index in [1.165, 1.54) is 16.1 Å². The maximum atomic E-state index is 13.1. The maximum Gasteiger partial charge on any atom is 0.268 e. The van der Waals surface area contributed by atoms with Crippen molar-refractivity contribution < 1.29 is 22.3 Å². The van der Waals surface area contributed by atoms with Crippen LogP contribution >= 0.6 is 0 Å². The van der Waals surface area contributed by atoms with Gasteiger partial charge in [0, 0.05) is 24.7 Å². The average molecular weight is 483 g/mol. The van der Waals surface area contributed by atoms with Crippen LogP contribution < -0.4 is 10.1 Å². The topological polar surface area (TPSA) is 69.6 Å². The molecule has 0 amide bonds. The molecule has 4 rings (SSSR count). The molecule has 0 fully saturated rings. The molecular weight excluding hydrogens is 455 g/mol. The summed E-state index contributed by atoms with van der Waals surface area (Å²) in [4.78, 5) is 0.239. The Labute approximate surface area is 199 Å². The molecule has 1 N–H and O–H groups in total. The number of aryl methyl sites for hydroxylation is 1. The third-order valence-corrected chi connectivity index (χ3v) is 7.09. The zero-order valence-corrected chi connectivity index (χ0v) is 19.7. The van der Waals surface area contributed by atoms with Gasteiger partial charge >= 0.3 is 0 Å². The second-order valence-corrected chi connectivity index (χ2v) is 9.70. The van der Waals surface area contributed by atoms with Gasteiger partial charge in [-0.25, -0.2) is 16.8 Å². The standard InChI is InChI=1S/C26H27FN2O4S/c1-20-5-11-23(12-6-20)34(30,31)29-15-13-24-25(29)3-2-4-26(24)33-18-17-32-16-14-28-19-21-7-9-22(27)10-8-21/h2-13,15,28H,14,16-19H2,1H3. The van der Waals surface area contributed by atoms with Crippen LogP contribution in [0.1, 0.15) is 11.1 Å². The van der Waals surface area contributed by atoms with E-state index in [1.54, 1.807) is 60.8 Å². The Morgan fingerprint density at radius 2 is 1.68 bits per heavy atom. The van der Waals surface area contributed by atoms with Crippen LogP contribution in [0.2, 0.25) is 0 Å². The summed E-state index contributed by atoms with van der Waals surface area (Å²) in [6.45, 7) is 4.47. The third-order valence-electron chi connectivity index (χ3n) is 5.39. The fourth-order valence-electron chi connectivity index (χ4n) is 3.57. The van der Waals surface area contributed by atoms with E-state index in [2.05, 4.69) is 5.32 Å². The second-order valence-electron chi connectivity index (χ2n) is 7.88. The SMILES string of the molecule is Cc1ccc(S(=O)(=O)n2ccc3c(OCCOCCNCc4ccc(F)cc4)cccc32)cc1. The number of benzene rings is 3. The highest BCUT2D eigenvalue weighted by atomic mass is 32.2. The lowest BCUT2D eigenvalue weighted by molar-refractivity contribution is 0.102. The molecule has 0 aliphatic carbocycles. The molecule has 0 unspecified atom stereocenters. The van der Waals surface area contributed by atoms with Gasteiger partial charge in [0.05, 0.1) is 23.6 Å². The summed E-state index contributed by atoms with van der Waals surface area (Å²) < 4.78 is 51.9. The van der Waals surface area contributed by atoms with Gasteiger partial charge in [-0.05, 0) is 55.0 Å². The highest BCUT2D eigenvalue weighted by Crippen LogP contribution is 2.29. The highest BCUT2D eigenvalue weighted by Gasteiger charge is 2.19. The fourth-order valence-corrected chi connectivity index (χ4v) is 4.91. The van der Waals surface area contributed by atoms with E-state index in [4.69, 9.17) is 9.47 Å². The normalized spacial score (nSPS) is 11.7. The predicted molar refractivity (Wildman–Crippen MR) is 130 cm³/mol. The van der Waals surface area contributed by atoms with Crippen LogP contribution in [0.15, 0.2) is 83.9 Å². The monoisotopic (exact) mass is 482 g/mol. The van der Waals surface area contributed by atoms with Crippen molar-refractivity contribution in [3.05, 3.63) is 95.9 Å². The van der Waals surface area contributed by atoms with Crippen LogP contribution in [-0.2, 0) is 21.3 Å². The minimum absolute atomic E-state index is 0.239. The van der Waals surface area contributed by atoms with E-state index >= 15 is 0 Å². The first kappa shape index (κ1) is 23.9. The molecule has 0 aliphatic heterocycles. The van der Waals surface area contributed by atoms with Crippen molar-refractivity contribution in [3.8, 4) is 5.75 Å². The van der Waals surface area contributed by atoms with Crippen LogP contribution in [0, 0.1) is 12.7 Å². The zero-order valence-electron chi connectivity index (χ0n) is 18.9. The summed E-state index contributed by atoms with van der Waals surface area (Å²) >= 11 is 0. The summed E-state index contributed by atoms with van der Waals surface area (Å²) in [6.07, 6.45) is 1.55. The molecule has 8 heteroatoms. The van der Waals surface area contributed by atoms with Crippen molar-refractivity contribution in [3.63, 3.8) is 0 Å². The Morgan fingerprint density at radius 1 is 0.912 bits per heavy atom. The minimum Gasteiger partial charge on any atom is -0.490 e. The first-order valence-corrected chi connectivity index (χ1v) is 12.5. The summed E-state index contributed by atoms with van der Waals surface area (Å²) in [6, 6.07) is 20.3. The number of halogens is 1. The number of ether oxygens (including phenoxy) is 2. The lowest BCUT2D eigenvalue weighted by Gasteiger charge is -2.11. The molecule has 0 bridgehead atoms. The van der Waals surface area contributed by atoms with E-state index < -0.39 is 10.0 Å². The van der Waals surface area contributed by atoms with Gasteiger partial charge in [0.1, 0.15) is 18.2 Å². The zero-order chi connectivity index (χ0) is 24.0. The van der Waals surface area contributed by atoms with E-state index in [1.807, 2.05) is 13.0 Å². The number of fused-ring (bicyclic) bond motifs is 1. The highest BCUT2D eigenvalue weighted by molar-refractivity contribution is 7.90. The molecule has 6 nitrogen and oxygen atoms in total. The number of hydrogen-bond donors (Lipinski definition) is 1. The van der Waals surface area contributed by atoms with E-state index in [0.29, 0.717) is 44.2 Å². The molecule has 0 saturated heterocycles. The first-order chi connectivity index (χ1) is 16.4. The molecule has 3 aromatic carbocycles. The van der Waals surface area contributed by atoms with Gasteiger partial charge in [-0.3, -0.25) is 0 Å². The lowest BCUT2D eigenvalue weighted by atomic mass is 10.2. The smallest absolute Gasteiger partial charge is 0.268 e. The van der Waals surface area contributed by atoms with Gasteiger partial charge in [0.2, 0.25) is 0 Å². The fraction of sp³-hybridized carbons (Fsp3) is 0.231. The van der Waals surface area contributed by atoms with Gasteiger partial charge < -0.3 is 14.8 Å². The first-order valence-electron chi connectivity index (χ1n) is 11.0. The second kappa shape index (κ2) is 10.8. The van der Waals surface area contributed by atoms with Gasteiger partial charge in [-0.2, -0.15) is 0 Å². The van der Waals surface area contributed by atoms with Crippen LogP contribution in [0.4, 0.5) is 4.39 Å². The molecule has 34 heavy (non-hydrogen) atoms. The van der Waals surface area contributed by atoms with Crippen molar-refractivity contribution in [2.75, 3.05) is 26.4 Å². The van der Waals surface area contributed by atoms with Gasteiger partial charge in [-0.15, -0.1) is 0 Å². The van der Waals surface area contributed by atoms with Crippen molar-refractivity contribution in [1.29, 1.82) is 0 Å². The Kier molecular flexibility index (Phi) is 7.62. The quantitative estimate of drug-likeness (QED) is 0.319. The maximum absolute atomic E-state index is 13.1. The van der Waals surface area contributed by atoms with Gasteiger partial charge in [0.25, 0.3) is 10.0 Å². The van der Waals surface area contributed by atoms with Crippen LogP contribution in [0.3, 0.4) is 0 Å². The minimum atomic E-state index is -3.71. The number of aromatic nitrogens is 1. The molecule has 0 radical (unpaired) electrons. The number of hydrogen-bond acceptors (Lipinski definition) is 5. The Hall–Kier alpha value is -3.20. The third kappa shape index (κ3) is 5.64. The largest absolute Gasteiger partial charge is 0.490 e. The molecule has 1 aromatic heterocycles. The van der Waals surface area contributed by atoms with Crippen molar-refractivity contribution in [2.24, 2.45) is 0 Å². The van der Waals surface area contributed by atoms with Crippen LogP contribution in [-0.4, -0.2) is 38.8 Å². The Bertz CT molecular complexity index is 1330. The lowest BCUT2D eigenvalue weighted by Crippen LogP contribution is -2.20. The number of rotatable bonds is 11. The predicted octanol–water partition coefficient (Wildman–Crippen LogP) is 4.51. The molecular formula is C26H27FN2O4S. The summed E-state index contributed by atoms with van der Waals surface area (Å²) in [5.41, 5.74) is 2.57. The van der Waals surface area contributed by atoms with E-state index in [9.17, 15) is 12.8 Å². The van der Waals surface area contributed by atoms with E-state index in [0.717, 1.165) is 16.5 Å². The molecule has 0 spiro atoms. The molecule has 0 saturated carbocycles. The van der Waals surface area contributed by atoms with Gasteiger partial charge in [0.15, 0.2) is 0 Å². The average Bonchev–Trinajstić information content (AvgIpc) is 3.28. The molecule has 4 aromatic rings. The molecule has 1 heterocycles.